The molecule has 1 rings (SSSR count). The normalized spacial score (nSPS) is 8.85. The van der Waals surface area contributed by atoms with Gasteiger partial charge < -0.3 is 5.11 Å². The number of halogens is 1. The quantitative estimate of drug-likeness (QED) is 0.704. The lowest BCUT2D eigenvalue weighted by molar-refractivity contribution is 0.468. The molecular formula is C9H5FN2O. The van der Waals surface area contributed by atoms with Crippen LogP contribution in [0.1, 0.15) is 11.1 Å². The molecule has 13 heavy (non-hydrogen) atoms. The van der Waals surface area contributed by atoms with Gasteiger partial charge in [0.2, 0.25) is 0 Å². The maximum absolute atomic E-state index is 13.0. The van der Waals surface area contributed by atoms with Crippen LogP contribution < -0.4 is 0 Å². The van der Waals surface area contributed by atoms with Crippen LogP contribution in [0.3, 0.4) is 0 Å². The van der Waals surface area contributed by atoms with Crippen molar-refractivity contribution < 1.29 is 9.50 Å². The second-order valence-electron chi connectivity index (χ2n) is 2.40. The number of nitriles is 2. The first-order valence-corrected chi connectivity index (χ1v) is 3.47. The van der Waals surface area contributed by atoms with Crippen LogP contribution in [0.15, 0.2) is 12.1 Å². The molecule has 0 bridgehead atoms. The van der Waals surface area contributed by atoms with E-state index in [2.05, 4.69) is 0 Å². The Balaban J connectivity index is 3.34. The van der Waals surface area contributed by atoms with Gasteiger partial charge in [0.15, 0.2) is 0 Å². The molecule has 0 aliphatic rings. The van der Waals surface area contributed by atoms with Crippen LogP contribution in [-0.2, 0) is 6.42 Å². The summed E-state index contributed by atoms with van der Waals surface area (Å²) < 4.78 is 13.0. The van der Waals surface area contributed by atoms with Crippen molar-refractivity contribution in [2.75, 3.05) is 0 Å². The van der Waals surface area contributed by atoms with Crippen molar-refractivity contribution in [1.82, 2.24) is 0 Å². The van der Waals surface area contributed by atoms with E-state index in [0.29, 0.717) is 0 Å². The Bertz CT molecular complexity index is 415. The standard InChI is InChI=1S/C9H5FN2O/c10-9-4-7(13)3-6(5-12)8(9)1-2-11/h3-4,13H,1H2. The Morgan fingerprint density at radius 2 is 2.08 bits per heavy atom. The first kappa shape index (κ1) is 9.02. The number of aromatic hydroxyl groups is 1. The molecule has 0 saturated carbocycles. The van der Waals surface area contributed by atoms with Gasteiger partial charge in [-0.1, -0.05) is 0 Å². The van der Waals surface area contributed by atoms with E-state index in [1.807, 2.05) is 0 Å². The minimum Gasteiger partial charge on any atom is -0.508 e. The summed E-state index contributed by atoms with van der Waals surface area (Å²) in [7, 11) is 0. The molecule has 1 aromatic rings. The zero-order valence-electron chi connectivity index (χ0n) is 6.58. The SMILES string of the molecule is N#CCc1c(F)cc(O)cc1C#N. The van der Waals surface area contributed by atoms with E-state index in [9.17, 15) is 4.39 Å². The minimum absolute atomic E-state index is 0.000880. The molecule has 0 saturated heterocycles. The smallest absolute Gasteiger partial charge is 0.132 e. The van der Waals surface area contributed by atoms with Crippen LogP contribution in [0.2, 0.25) is 0 Å². The Morgan fingerprint density at radius 3 is 2.62 bits per heavy atom. The van der Waals surface area contributed by atoms with Gasteiger partial charge in [-0.15, -0.1) is 0 Å². The first-order valence-electron chi connectivity index (χ1n) is 3.47. The van der Waals surface area contributed by atoms with E-state index < -0.39 is 5.82 Å². The topological polar surface area (TPSA) is 67.8 Å². The highest BCUT2D eigenvalue weighted by atomic mass is 19.1. The van der Waals surface area contributed by atoms with Crippen molar-refractivity contribution >= 4 is 0 Å². The van der Waals surface area contributed by atoms with Gasteiger partial charge in [-0.2, -0.15) is 10.5 Å². The van der Waals surface area contributed by atoms with E-state index in [-0.39, 0.29) is 23.3 Å². The van der Waals surface area contributed by atoms with Gasteiger partial charge in [-0.05, 0) is 6.07 Å². The number of nitrogens with zero attached hydrogens (tertiary/aromatic N) is 2. The highest BCUT2D eigenvalue weighted by Crippen LogP contribution is 2.20. The molecule has 0 fully saturated rings. The van der Waals surface area contributed by atoms with E-state index in [0.717, 1.165) is 12.1 Å². The van der Waals surface area contributed by atoms with Crippen LogP contribution in [0, 0.1) is 28.5 Å². The lowest BCUT2D eigenvalue weighted by Gasteiger charge is -2.01. The van der Waals surface area contributed by atoms with E-state index >= 15 is 0 Å². The number of phenols is 1. The van der Waals surface area contributed by atoms with E-state index in [4.69, 9.17) is 15.6 Å². The van der Waals surface area contributed by atoms with Crippen molar-refractivity contribution in [2.24, 2.45) is 0 Å². The van der Waals surface area contributed by atoms with Crippen molar-refractivity contribution in [1.29, 1.82) is 10.5 Å². The summed E-state index contributed by atoms with van der Waals surface area (Å²) in [6.07, 6.45) is -0.172. The largest absolute Gasteiger partial charge is 0.508 e. The minimum atomic E-state index is -0.724. The lowest BCUT2D eigenvalue weighted by atomic mass is 10.1. The van der Waals surface area contributed by atoms with Crippen LogP contribution >= 0.6 is 0 Å². The van der Waals surface area contributed by atoms with Gasteiger partial charge in [0.1, 0.15) is 11.6 Å². The second-order valence-corrected chi connectivity index (χ2v) is 2.40. The first-order chi connectivity index (χ1) is 6.19. The monoisotopic (exact) mass is 176 g/mol. The molecule has 0 heterocycles. The third kappa shape index (κ3) is 1.74. The van der Waals surface area contributed by atoms with Gasteiger partial charge in [-0.3, -0.25) is 0 Å². The van der Waals surface area contributed by atoms with Crippen LogP contribution in [-0.4, -0.2) is 5.11 Å². The summed E-state index contributed by atoms with van der Waals surface area (Å²) in [6, 6.07) is 5.47. The molecule has 0 radical (unpaired) electrons. The predicted molar refractivity (Wildman–Crippen MR) is 42.1 cm³/mol. The number of benzene rings is 1. The van der Waals surface area contributed by atoms with Crippen LogP contribution in [0.25, 0.3) is 0 Å². The summed E-state index contributed by atoms with van der Waals surface area (Å²) >= 11 is 0. The van der Waals surface area contributed by atoms with E-state index in [1.54, 1.807) is 12.1 Å². The molecule has 0 amide bonds. The maximum Gasteiger partial charge on any atom is 0.132 e. The van der Waals surface area contributed by atoms with Gasteiger partial charge in [0, 0.05) is 11.6 Å². The van der Waals surface area contributed by atoms with Gasteiger partial charge in [-0.25, -0.2) is 4.39 Å². The maximum atomic E-state index is 13.0. The molecule has 1 aromatic carbocycles. The molecule has 0 unspecified atom stereocenters. The number of rotatable bonds is 1. The Morgan fingerprint density at radius 1 is 1.38 bits per heavy atom. The van der Waals surface area contributed by atoms with Crippen LogP contribution in [0.4, 0.5) is 4.39 Å². The van der Waals surface area contributed by atoms with Crippen molar-refractivity contribution in [3.8, 4) is 17.9 Å². The molecule has 64 valence electrons. The number of hydrogen-bond acceptors (Lipinski definition) is 3. The fraction of sp³-hybridized carbons (Fsp3) is 0.111. The molecule has 3 nitrogen and oxygen atoms in total. The molecule has 0 spiro atoms. The van der Waals surface area contributed by atoms with Gasteiger partial charge >= 0.3 is 0 Å². The Kier molecular flexibility index (Phi) is 2.47. The van der Waals surface area contributed by atoms with Gasteiger partial charge in [0.05, 0.1) is 24.1 Å². The predicted octanol–water partition coefficient (Wildman–Crippen LogP) is 1.47. The second kappa shape index (κ2) is 3.55. The summed E-state index contributed by atoms with van der Waals surface area (Å²) in [5, 5.41) is 25.8. The molecule has 0 aliphatic heterocycles. The Labute approximate surface area is 74.3 Å². The van der Waals surface area contributed by atoms with E-state index in [1.165, 1.54) is 0 Å². The zero-order valence-corrected chi connectivity index (χ0v) is 6.58. The molecule has 0 aliphatic carbocycles. The Hall–Kier alpha value is -2.07. The fourth-order valence-corrected chi connectivity index (χ4v) is 0.981. The lowest BCUT2D eigenvalue weighted by Crippen LogP contribution is -1.93. The third-order valence-corrected chi connectivity index (χ3v) is 1.56. The average molecular weight is 176 g/mol. The average Bonchev–Trinajstić information content (AvgIpc) is 2.09. The number of phenolic OH excluding ortho intramolecular Hbond substituents is 1. The van der Waals surface area contributed by atoms with Gasteiger partial charge in [0.25, 0.3) is 0 Å². The third-order valence-electron chi connectivity index (χ3n) is 1.56. The number of hydrogen-bond donors (Lipinski definition) is 1. The highest BCUT2D eigenvalue weighted by molar-refractivity contribution is 5.44. The van der Waals surface area contributed by atoms with Crippen molar-refractivity contribution in [3.63, 3.8) is 0 Å². The molecule has 0 aromatic heterocycles. The molecule has 0 atom stereocenters. The van der Waals surface area contributed by atoms with Crippen LogP contribution in [0.5, 0.6) is 5.75 Å². The summed E-state index contributed by atoms with van der Waals surface area (Å²) in [4.78, 5) is 0. The summed E-state index contributed by atoms with van der Waals surface area (Å²) in [5.41, 5.74) is 0.0295. The summed E-state index contributed by atoms with van der Waals surface area (Å²) in [5.74, 6) is -1.03. The molecular weight excluding hydrogens is 171 g/mol. The van der Waals surface area contributed by atoms with Crippen molar-refractivity contribution in [3.05, 3.63) is 29.1 Å². The molecule has 4 heteroatoms. The summed E-state index contributed by atoms with van der Waals surface area (Å²) in [6.45, 7) is 0. The zero-order chi connectivity index (χ0) is 9.84. The van der Waals surface area contributed by atoms with Crippen molar-refractivity contribution in [2.45, 2.75) is 6.42 Å². The highest BCUT2D eigenvalue weighted by Gasteiger charge is 2.09. The molecule has 1 N–H and O–H groups in total. The fourth-order valence-electron chi connectivity index (χ4n) is 0.981.